The predicted molar refractivity (Wildman–Crippen MR) is 76.6 cm³/mol. The number of carbonyl (C=O) groups is 1. The Hall–Kier alpha value is -1.20. The minimum atomic E-state index is -0.286. The van der Waals surface area contributed by atoms with Gasteiger partial charge in [0.1, 0.15) is 10.1 Å². The van der Waals surface area contributed by atoms with Crippen LogP contribution in [0.25, 0.3) is 6.08 Å². The molecule has 0 spiro atoms. The summed E-state index contributed by atoms with van der Waals surface area (Å²) in [5.74, 6) is -0.346. The van der Waals surface area contributed by atoms with Gasteiger partial charge in [-0.05, 0) is 30.2 Å². The van der Waals surface area contributed by atoms with Gasteiger partial charge in [0.15, 0.2) is 0 Å². The lowest BCUT2D eigenvalue weighted by Crippen LogP contribution is -2.28. The molecule has 0 unspecified atom stereocenters. The third-order valence-electron chi connectivity index (χ3n) is 2.49. The fourth-order valence-electron chi connectivity index (χ4n) is 1.63. The number of nitrogens with zero attached hydrogens (tertiary/aromatic N) is 1. The Labute approximate surface area is 115 Å². The maximum atomic E-state index is 12.8. The van der Waals surface area contributed by atoms with Crippen molar-refractivity contribution >= 4 is 40.3 Å². The molecule has 0 saturated carbocycles. The summed E-state index contributed by atoms with van der Waals surface area (Å²) in [6, 6.07) is 6.03. The van der Waals surface area contributed by atoms with Crippen molar-refractivity contribution in [2.24, 2.45) is 0 Å². The van der Waals surface area contributed by atoms with E-state index >= 15 is 0 Å². The third kappa shape index (κ3) is 2.79. The van der Waals surface area contributed by atoms with Crippen molar-refractivity contribution < 1.29 is 9.18 Å². The second-order valence-electron chi connectivity index (χ2n) is 3.88. The monoisotopic (exact) mass is 281 g/mol. The van der Waals surface area contributed by atoms with Crippen LogP contribution in [0.3, 0.4) is 0 Å². The molecular weight excluding hydrogens is 269 g/mol. The van der Waals surface area contributed by atoms with Crippen molar-refractivity contribution in [2.75, 3.05) is 6.54 Å². The average molecular weight is 281 g/mol. The lowest BCUT2D eigenvalue weighted by molar-refractivity contribution is -0.122. The van der Waals surface area contributed by atoms with Crippen molar-refractivity contribution in [3.63, 3.8) is 0 Å². The minimum absolute atomic E-state index is 0.0591. The first kappa shape index (κ1) is 13.2. The largest absolute Gasteiger partial charge is 0.293 e. The summed E-state index contributed by atoms with van der Waals surface area (Å²) in [5.41, 5.74) is 0.799. The van der Waals surface area contributed by atoms with E-state index in [0.29, 0.717) is 15.8 Å². The van der Waals surface area contributed by atoms with E-state index in [-0.39, 0.29) is 11.7 Å². The molecular formula is C13H12FNOS2. The normalized spacial score (nSPS) is 17.9. The first-order valence-corrected chi connectivity index (χ1v) is 6.85. The van der Waals surface area contributed by atoms with Gasteiger partial charge in [0.25, 0.3) is 5.91 Å². The minimum Gasteiger partial charge on any atom is -0.293 e. The molecule has 94 valence electrons. The summed E-state index contributed by atoms with van der Waals surface area (Å²) >= 11 is 6.46. The Morgan fingerprint density at radius 2 is 2.06 bits per heavy atom. The molecule has 5 heteroatoms. The molecule has 0 bridgehead atoms. The summed E-state index contributed by atoms with van der Waals surface area (Å²) in [6.45, 7) is 2.65. The van der Waals surface area contributed by atoms with Gasteiger partial charge in [0, 0.05) is 6.54 Å². The summed E-state index contributed by atoms with van der Waals surface area (Å²) in [7, 11) is 0. The number of halogens is 1. The molecule has 1 aromatic carbocycles. The number of hydrogen-bond donors (Lipinski definition) is 0. The predicted octanol–water partition coefficient (Wildman–Crippen LogP) is 3.44. The van der Waals surface area contributed by atoms with Crippen LogP contribution in [0.2, 0.25) is 0 Å². The van der Waals surface area contributed by atoms with E-state index in [4.69, 9.17) is 12.2 Å². The summed E-state index contributed by atoms with van der Waals surface area (Å²) in [5, 5.41) is 0. The second-order valence-corrected chi connectivity index (χ2v) is 5.56. The number of amides is 1. The quantitative estimate of drug-likeness (QED) is 0.625. The molecule has 0 aliphatic carbocycles. The van der Waals surface area contributed by atoms with Crippen LogP contribution in [0.15, 0.2) is 29.2 Å². The molecule has 1 aliphatic rings. The molecule has 0 aromatic heterocycles. The standard InChI is InChI=1S/C13H12FNOS2/c1-2-7-15-12(16)11(18-13(15)17)8-9-3-5-10(14)6-4-9/h3-6,8H,2,7H2,1H3/b11-8-. The van der Waals surface area contributed by atoms with Crippen LogP contribution in [-0.2, 0) is 4.79 Å². The van der Waals surface area contributed by atoms with Gasteiger partial charge in [-0.2, -0.15) is 0 Å². The maximum absolute atomic E-state index is 12.8. The van der Waals surface area contributed by atoms with E-state index in [2.05, 4.69) is 0 Å². The summed E-state index contributed by atoms with van der Waals surface area (Å²) < 4.78 is 13.4. The highest BCUT2D eigenvalue weighted by Crippen LogP contribution is 2.32. The van der Waals surface area contributed by atoms with Crippen molar-refractivity contribution in [1.82, 2.24) is 4.90 Å². The Balaban J connectivity index is 2.22. The molecule has 1 fully saturated rings. The maximum Gasteiger partial charge on any atom is 0.266 e. The van der Waals surface area contributed by atoms with Crippen LogP contribution >= 0.6 is 24.0 Å². The Kier molecular flexibility index (Phi) is 4.14. The van der Waals surface area contributed by atoms with Gasteiger partial charge in [-0.25, -0.2) is 4.39 Å². The van der Waals surface area contributed by atoms with Crippen LogP contribution in [0.4, 0.5) is 4.39 Å². The Bertz CT molecular complexity index is 510. The summed E-state index contributed by atoms with van der Waals surface area (Å²) in [6.07, 6.45) is 2.62. The fraction of sp³-hybridized carbons (Fsp3) is 0.231. The molecule has 1 saturated heterocycles. The van der Waals surface area contributed by atoms with Crippen LogP contribution in [0.5, 0.6) is 0 Å². The molecule has 18 heavy (non-hydrogen) atoms. The number of benzene rings is 1. The third-order valence-corrected chi connectivity index (χ3v) is 3.87. The molecule has 0 N–H and O–H groups in total. The number of hydrogen-bond acceptors (Lipinski definition) is 3. The highest BCUT2D eigenvalue weighted by Gasteiger charge is 2.30. The van der Waals surface area contributed by atoms with Gasteiger partial charge >= 0.3 is 0 Å². The first-order chi connectivity index (χ1) is 8.61. The van der Waals surface area contributed by atoms with Crippen molar-refractivity contribution in [1.29, 1.82) is 0 Å². The molecule has 0 radical (unpaired) electrons. The zero-order chi connectivity index (χ0) is 13.1. The van der Waals surface area contributed by atoms with Crippen LogP contribution in [0.1, 0.15) is 18.9 Å². The smallest absolute Gasteiger partial charge is 0.266 e. The average Bonchev–Trinajstić information content (AvgIpc) is 2.60. The van der Waals surface area contributed by atoms with E-state index in [9.17, 15) is 9.18 Å². The molecule has 1 aliphatic heterocycles. The van der Waals surface area contributed by atoms with E-state index in [0.717, 1.165) is 12.0 Å². The van der Waals surface area contributed by atoms with Crippen LogP contribution in [0, 0.1) is 5.82 Å². The van der Waals surface area contributed by atoms with Gasteiger partial charge < -0.3 is 0 Å². The Morgan fingerprint density at radius 1 is 1.39 bits per heavy atom. The van der Waals surface area contributed by atoms with E-state index < -0.39 is 0 Å². The van der Waals surface area contributed by atoms with Gasteiger partial charge in [-0.15, -0.1) is 0 Å². The van der Waals surface area contributed by atoms with Crippen LogP contribution < -0.4 is 0 Å². The number of carbonyl (C=O) groups excluding carboxylic acids is 1. The van der Waals surface area contributed by atoms with Crippen molar-refractivity contribution in [2.45, 2.75) is 13.3 Å². The molecule has 2 nitrogen and oxygen atoms in total. The number of thioether (sulfide) groups is 1. The molecule has 0 atom stereocenters. The SMILES string of the molecule is CCCN1C(=O)/C(=C/c2ccc(F)cc2)SC1=S. The molecule has 1 amide bonds. The second kappa shape index (κ2) is 5.63. The highest BCUT2D eigenvalue weighted by atomic mass is 32.2. The van der Waals surface area contributed by atoms with Gasteiger partial charge in [0.2, 0.25) is 0 Å². The number of rotatable bonds is 3. The lowest BCUT2D eigenvalue weighted by atomic mass is 10.2. The van der Waals surface area contributed by atoms with E-state index in [1.165, 1.54) is 23.9 Å². The lowest BCUT2D eigenvalue weighted by Gasteiger charge is -2.11. The molecule has 1 heterocycles. The molecule has 2 rings (SSSR count). The van der Waals surface area contributed by atoms with Crippen molar-refractivity contribution in [3.8, 4) is 0 Å². The van der Waals surface area contributed by atoms with Gasteiger partial charge in [-0.3, -0.25) is 9.69 Å². The van der Waals surface area contributed by atoms with Gasteiger partial charge in [-0.1, -0.05) is 43.0 Å². The zero-order valence-corrected chi connectivity index (χ0v) is 11.5. The van der Waals surface area contributed by atoms with Crippen LogP contribution in [-0.4, -0.2) is 21.7 Å². The first-order valence-electron chi connectivity index (χ1n) is 5.62. The zero-order valence-electron chi connectivity index (χ0n) is 9.85. The topological polar surface area (TPSA) is 20.3 Å². The molecule has 1 aromatic rings. The number of thiocarbonyl (C=S) groups is 1. The summed E-state index contributed by atoms with van der Waals surface area (Å²) in [4.78, 5) is 14.3. The van der Waals surface area contributed by atoms with E-state index in [1.54, 1.807) is 23.1 Å². The Morgan fingerprint density at radius 3 is 2.67 bits per heavy atom. The van der Waals surface area contributed by atoms with Gasteiger partial charge in [0.05, 0.1) is 4.91 Å². The highest BCUT2D eigenvalue weighted by molar-refractivity contribution is 8.26. The van der Waals surface area contributed by atoms with Crippen molar-refractivity contribution in [3.05, 3.63) is 40.6 Å². The van der Waals surface area contributed by atoms with E-state index in [1.807, 2.05) is 6.92 Å². The fourth-order valence-corrected chi connectivity index (χ4v) is 2.94.